The van der Waals surface area contributed by atoms with Crippen molar-refractivity contribution in [1.29, 1.82) is 0 Å². The lowest BCUT2D eigenvalue weighted by Gasteiger charge is -2.11. The van der Waals surface area contributed by atoms with Crippen molar-refractivity contribution in [3.63, 3.8) is 0 Å². The van der Waals surface area contributed by atoms with Gasteiger partial charge in [0.25, 0.3) is 0 Å². The van der Waals surface area contributed by atoms with Gasteiger partial charge in [-0.05, 0) is 36.6 Å². The molecule has 1 aromatic carbocycles. The molecule has 1 aromatic heterocycles. The van der Waals surface area contributed by atoms with E-state index in [9.17, 15) is 4.79 Å². The Kier molecular flexibility index (Phi) is 9.96. The van der Waals surface area contributed by atoms with E-state index in [1.165, 1.54) is 19.0 Å². The molecule has 0 aliphatic heterocycles. The van der Waals surface area contributed by atoms with Gasteiger partial charge < -0.3 is 14.2 Å². The van der Waals surface area contributed by atoms with Crippen LogP contribution in [0.15, 0.2) is 36.7 Å². The molecule has 0 N–H and O–H groups in total. The van der Waals surface area contributed by atoms with Gasteiger partial charge in [0.2, 0.25) is 5.88 Å². The van der Waals surface area contributed by atoms with E-state index >= 15 is 0 Å². The molecule has 0 aliphatic carbocycles. The number of carbonyl (C=O) groups excluding carboxylic acids is 1. The third kappa shape index (κ3) is 8.50. The van der Waals surface area contributed by atoms with Crippen LogP contribution in [-0.2, 0) is 4.74 Å². The van der Waals surface area contributed by atoms with Gasteiger partial charge in [0.1, 0.15) is 5.75 Å². The van der Waals surface area contributed by atoms with Gasteiger partial charge in [-0.1, -0.05) is 52.9 Å². The van der Waals surface area contributed by atoms with Crippen molar-refractivity contribution in [1.82, 2.24) is 9.97 Å². The molecule has 0 saturated heterocycles. The van der Waals surface area contributed by atoms with E-state index < -0.39 is 6.16 Å². The molecule has 6 nitrogen and oxygen atoms in total. The largest absolute Gasteiger partial charge is 0.515 e. The van der Waals surface area contributed by atoms with Crippen molar-refractivity contribution >= 4 is 6.16 Å². The van der Waals surface area contributed by atoms with Crippen LogP contribution in [0.5, 0.6) is 11.6 Å². The number of carbonyl (C=O) groups is 1. The lowest BCUT2D eigenvalue weighted by molar-refractivity contribution is 0.0956. The third-order valence-corrected chi connectivity index (χ3v) is 4.67. The van der Waals surface area contributed by atoms with E-state index in [0.717, 1.165) is 37.0 Å². The predicted octanol–water partition coefficient (Wildman–Crippen LogP) is 6.05. The Hall–Kier alpha value is -2.63. The van der Waals surface area contributed by atoms with Gasteiger partial charge in [-0.25, -0.2) is 14.8 Å². The zero-order valence-electron chi connectivity index (χ0n) is 17.7. The molecule has 0 fully saturated rings. The zero-order chi connectivity index (χ0) is 20.9. The summed E-state index contributed by atoms with van der Waals surface area (Å²) < 4.78 is 15.9. The standard InChI is InChI=1S/C23H32N2O4/c1-4-6-7-8-9-14-27-23(26)29-22-16-24-21(15-25-22)19-10-12-20(13-11-19)28-17-18(3)5-2/h10-13,15-16,18H,4-9,14,17H2,1-3H3. The number of benzene rings is 1. The van der Waals surface area contributed by atoms with Crippen molar-refractivity contribution in [2.24, 2.45) is 5.92 Å². The van der Waals surface area contributed by atoms with Gasteiger partial charge >= 0.3 is 6.16 Å². The SMILES string of the molecule is CCCCCCCOC(=O)Oc1cnc(-c2ccc(OCC(C)CC)cc2)cn1. The summed E-state index contributed by atoms with van der Waals surface area (Å²) in [7, 11) is 0. The smallest absolute Gasteiger partial charge is 0.493 e. The molecule has 0 amide bonds. The van der Waals surface area contributed by atoms with Crippen molar-refractivity contribution in [2.75, 3.05) is 13.2 Å². The summed E-state index contributed by atoms with van der Waals surface area (Å²) >= 11 is 0. The molecule has 0 aliphatic rings. The number of rotatable bonds is 12. The summed E-state index contributed by atoms with van der Waals surface area (Å²) in [6.45, 7) is 7.54. The summed E-state index contributed by atoms with van der Waals surface area (Å²) in [6, 6.07) is 7.70. The molecule has 29 heavy (non-hydrogen) atoms. The molecular formula is C23H32N2O4. The van der Waals surface area contributed by atoms with E-state index in [4.69, 9.17) is 14.2 Å². The first-order valence-corrected chi connectivity index (χ1v) is 10.5. The highest BCUT2D eigenvalue weighted by Crippen LogP contribution is 2.21. The maximum absolute atomic E-state index is 11.7. The Morgan fingerprint density at radius 2 is 1.76 bits per heavy atom. The number of ether oxygens (including phenoxy) is 3. The van der Waals surface area contributed by atoms with E-state index in [0.29, 0.717) is 24.8 Å². The highest BCUT2D eigenvalue weighted by atomic mass is 16.7. The van der Waals surface area contributed by atoms with Crippen LogP contribution in [0, 0.1) is 5.92 Å². The minimum atomic E-state index is -0.745. The maximum atomic E-state index is 11.7. The fraction of sp³-hybridized carbons (Fsp3) is 0.522. The van der Waals surface area contributed by atoms with E-state index in [-0.39, 0.29) is 5.88 Å². The van der Waals surface area contributed by atoms with Gasteiger partial charge in [0.15, 0.2) is 0 Å². The number of hydrogen-bond donors (Lipinski definition) is 0. The zero-order valence-corrected chi connectivity index (χ0v) is 17.7. The minimum Gasteiger partial charge on any atom is -0.493 e. The molecule has 1 heterocycles. The average Bonchev–Trinajstić information content (AvgIpc) is 2.75. The molecule has 0 radical (unpaired) electrons. The van der Waals surface area contributed by atoms with Crippen molar-refractivity contribution in [3.8, 4) is 22.9 Å². The van der Waals surface area contributed by atoms with Crippen LogP contribution in [-0.4, -0.2) is 29.3 Å². The Labute approximate surface area is 173 Å². The van der Waals surface area contributed by atoms with Crippen LogP contribution < -0.4 is 9.47 Å². The average molecular weight is 401 g/mol. The summed E-state index contributed by atoms with van der Waals surface area (Å²) in [5.41, 5.74) is 1.60. The lowest BCUT2D eigenvalue weighted by Crippen LogP contribution is -2.12. The van der Waals surface area contributed by atoms with Crippen LogP contribution in [0.4, 0.5) is 4.79 Å². The number of unbranched alkanes of at least 4 members (excludes halogenated alkanes) is 4. The minimum absolute atomic E-state index is 0.123. The Morgan fingerprint density at radius 1 is 1.00 bits per heavy atom. The van der Waals surface area contributed by atoms with Crippen molar-refractivity contribution in [3.05, 3.63) is 36.7 Å². The molecule has 0 saturated carbocycles. The second kappa shape index (κ2) is 12.8. The first-order chi connectivity index (χ1) is 14.1. The Morgan fingerprint density at radius 3 is 2.41 bits per heavy atom. The van der Waals surface area contributed by atoms with Gasteiger partial charge in [-0.2, -0.15) is 0 Å². The molecule has 2 aromatic rings. The van der Waals surface area contributed by atoms with Crippen molar-refractivity contribution in [2.45, 2.75) is 59.3 Å². The molecule has 0 bridgehead atoms. The van der Waals surface area contributed by atoms with Gasteiger partial charge in [0, 0.05) is 5.56 Å². The maximum Gasteiger partial charge on any atom is 0.515 e. The number of aromatic nitrogens is 2. The molecule has 2 rings (SSSR count). The first kappa shape index (κ1) is 22.7. The van der Waals surface area contributed by atoms with E-state index in [1.54, 1.807) is 6.20 Å². The first-order valence-electron chi connectivity index (χ1n) is 10.5. The van der Waals surface area contributed by atoms with Gasteiger partial charge in [-0.15, -0.1) is 0 Å². The van der Waals surface area contributed by atoms with Crippen LogP contribution in [0.3, 0.4) is 0 Å². The van der Waals surface area contributed by atoms with Gasteiger partial charge in [-0.3, -0.25) is 0 Å². The van der Waals surface area contributed by atoms with Crippen molar-refractivity contribution < 1.29 is 19.0 Å². The van der Waals surface area contributed by atoms with Crippen LogP contribution in [0.2, 0.25) is 0 Å². The molecular weight excluding hydrogens is 368 g/mol. The fourth-order valence-electron chi connectivity index (χ4n) is 2.57. The summed E-state index contributed by atoms with van der Waals surface area (Å²) in [5, 5.41) is 0. The quantitative estimate of drug-likeness (QED) is 0.319. The van der Waals surface area contributed by atoms with Crippen LogP contribution in [0.25, 0.3) is 11.3 Å². The molecule has 6 heteroatoms. The summed E-state index contributed by atoms with van der Waals surface area (Å²) in [6.07, 6.45) is 8.79. The fourth-order valence-corrected chi connectivity index (χ4v) is 2.57. The highest BCUT2D eigenvalue weighted by Gasteiger charge is 2.09. The second-order valence-corrected chi connectivity index (χ2v) is 7.20. The Balaban J connectivity index is 1.78. The summed E-state index contributed by atoms with van der Waals surface area (Å²) in [5.74, 6) is 1.48. The van der Waals surface area contributed by atoms with E-state index in [2.05, 4.69) is 30.7 Å². The second-order valence-electron chi connectivity index (χ2n) is 7.20. The molecule has 158 valence electrons. The monoisotopic (exact) mass is 400 g/mol. The van der Waals surface area contributed by atoms with E-state index in [1.807, 2.05) is 24.3 Å². The normalized spacial score (nSPS) is 11.7. The van der Waals surface area contributed by atoms with Gasteiger partial charge in [0.05, 0.1) is 31.3 Å². The molecule has 1 unspecified atom stereocenters. The topological polar surface area (TPSA) is 70.5 Å². The Bertz CT molecular complexity index is 717. The molecule has 0 spiro atoms. The number of nitrogens with zero attached hydrogens (tertiary/aromatic N) is 2. The summed E-state index contributed by atoms with van der Waals surface area (Å²) in [4.78, 5) is 20.2. The van der Waals surface area contributed by atoms with Crippen LogP contribution >= 0.6 is 0 Å². The predicted molar refractivity (Wildman–Crippen MR) is 113 cm³/mol. The third-order valence-electron chi connectivity index (χ3n) is 4.67. The van der Waals surface area contributed by atoms with Crippen LogP contribution in [0.1, 0.15) is 59.3 Å². The lowest BCUT2D eigenvalue weighted by atomic mass is 10.1. The highest BCUT2D eigenvalue weighted by molar-refractivity contribution is 5.63. The molecule has 1 atom stereocenters. The number of hydrogen-bond acceptors (Lipinski definition) is 6.